The summed E-state index contributed by atoms with van der Waals surface area (Å²) in [6.07, 6.45) is 5.57. The van der Waals surface area contributed by atoms with Crippen LogP contribution in [0.2, 0.25) is 0 Å². The molecule has 0 amide bonds. The van der Waals surface area contributed by atoms with Crippen molar-refractivity contribution in [3.63, 3.8) is 0 Å². The van der Waals surface area contributed by atoms with Gasteiger partial charge in [0.2, 0.25) is 5.95 Å². The lowest BCUT2D eigenvalue weighted by atomic mass is 10.2. The van der Waals surface area contributed by atoms with Gasteiger partial charge in [-0.05, 0) is 5.56 Å². The molecule has 0 radical (unpaired) electrons. The van der Waals surface area contributed by atoms with Crippen molar-refractivity contribution in [3.05, 3.63) is 58.7 Å². The van der Waals surface area contributed by atoms with Crippen LogP contribution in [0.4, 0.5) is 5.95 Å². The fourth-order valence-corrected chi connectivity index (χ4v) is 1.97. The maximum Gasteiger partial charge on any atom is 0.280 e. The van der Waals surface area contributed by atoms with Crippen molar-refractivity contribution in [2.75, 3.05) is 5.73 Å². The number of rotatable bonds is 3. The summed E-state index contributed by atoms with van der Waals surface area (Å²) < 4.78 is 1.78. The van der Waals surface area contributed by atoms with Crippen LogP contribution < -0.4 is 11.3 Å². The zero-order valence-electron chi connectivity index (χ0n) is 10.7. The molecule has 0 aliphatic rings. The molecular formula is C14H13N5O. The topological polar surface area (TPSA) is 89.6 Å². The first kappa shape index (κ1) is 12.2. The van der Waals surface area contributed by atoms with Crippen molar-refractivity contribution in [2.24, 2.45) is 0 Å². The van der Waals surface area contributed by atoms with Gasteiger partial charge in [-0.25, -0.2) is 4.98 Å². The van der Waals surface area contributed by atoms with Crippen molar-refractivity contribution in [2.45, 2.75) is 6.54 Å². The zero-order valence-corrected chi connectivity index (χ0v) is 10.7. The Morgan fingerprint density at radius 3 is 2.90 bits per heavy atom. The molecule has 20 heavy (non-hydrogen) atoms. The number of fused-ring (bicyclic) bond motifs is 1. The van der Waals surface area contributed by atoms with Gasteiger partial charge in [0.1, 0.15) is 0 Å². The Morgan fingerprint density at radius 1 is 1.30 bits per heavy atom. The summed E-state index contributed by atoms with van der Waals surface area (Å²) in [7, 11) is 0. The van der Waals surface area contributed by atoms with E-state index in [1.54, 1.807) is 10.9 Å². The molecule has 3 aromatic rings. The molecule has 3 N–H and O–H groups in total. The number of aromatic nitrogens is 4. The predicted molar refractivity (Wildman–Crippen MR) is 78.0 cm³/mol. The summed E-state index contributed by atoms with van der Waals surface area (Å²) in [6, 6.07) is 9.97. The minimum atomic E-state index is -0.321. The summed E-state index contributed by atoms with van der Waals surface area (Å²) in [6.45, 7) is 0.571. The van der Waals surface area contributed by atoms with Crippen LogP contribution in [0.1, 0.15) is 5.56 Å². The Bertz CT molecular complexity index is 816. The van der Waals surface area contributed by atoms with E-state index in [2.05, 4.69) is 15.0 Å². The maximum absolute atomic E-state index is 11.6. The third kappa shape index (κ3) is 2.31. The highest BCUT2D eigenvalue weighted by atomic mass is 16.1. The minimum absolute atomic E-state index is 0.0938. The smallest absolute Gasteiger partial charge is 0.280 e. The molecule has 0 unspecified atom stereocenters. The van der Waals surface area contributed by atoms with Gasteiger partial charge in [-0.2, -0.15) is 4.98 Å². The van der Waals surface area contributed by atoms with Crippen molar-refractivity contribution in [1.82, 2.24) is 19.5 Å². The van der Waals surface area contributed by atoms with E-state index in [9.17, 15) is 4.79 Å². The molecular weight excluding hydrogens is 254 g/mol. The van der Waals surface area contributed by atoms with Gasteiger partial charge in [0.05, 0.1) is 6.33 Å². The fraction of sp³-hybridized carbons (Fsp3) is 0.0714. The Labute approximate surface area is 114 Å². The number of anilines is 1. The molecule has 2 heterocycles. The molecule has 3 rings (SSSR count). The molecule has 6 nitrogen and oxygen atoms in total. The lowest BCUT2D eigenvalue weighted by molar-refractivity contribution is 0.840. The molecule has 0 fully saturated rings. The van der Waals surface area contributed by atoms with Gasteiger partial charge in [0, 0.05) is 6.54 Å². The Morgan fingerprint density at radius 2 is 2.10 bits per heavy atom. The van der Waals surface area contributed by atoms with E-state index in [4.69, 9.17) is 5.73 Å². The highest BCUT2D eigenvalue weighted by molar-refractivity contribution is 5.70. The van der Waals surface area contributed by atoms with E-state index >= 15 is 0 Å². The Balaban J connectivity index is 1.89. The van der Waals surface area contributed by atoms with Gasteiger partial charge in [-0.3, -0.25) is 9.78 Å². The van der Waals surface area contributed by atoms with Gasteiger partial charge in [-0.1, -0.05) is 42.5 Å². The van der Waals surface area contributed by atoms with Crippen LogP contribution >= 0.6 is 0 Å². The Kier molecular flexibility index (Phi) is 3.04. The SMILES string of the molecule is Nc1nc2c(ncn2CC=Cc2ccccc2)c(=O)[nH]1. The van der Waals surface area contributed by atoms with Gasteiger partial charge in [0.25, 0.3) is 5.56 Å². The van der Waals surface area contributed by atoms with Gasteiger partial charge < -0.3 is 10.3 Å². The number of hydrogen-bond acceptors (Lipinski definition) is 4. The second kappa shape index (κ2) is 5.00. The highest BCUT2D eigenvalue weighted by Gasteiger charge is 2.07. The highest BCUT2D eigenvalue weighted by Crippen LogP contribution is 2.07. The van der Waals surface area contributed by atoms with Gasteiger partial charge in [0.15, 0.2) is 11.2 Å². The number of imidazole rings is 1. The first-order chi connectivity index (χ1) is 9.74. The molecule has 0 saturated heterocycles. The second-order valence-electron chi connectivity index (χ2n) is 4.33. The van der Waals surface area contributed by atoms with Crippen LogP contribution in [-0.2, 0) is 6.54 Å². The van der Waals surface area contributed by atoms with Crippen molar-refractivity contribution < 1.29 is 0 Å². The molecule has 0 bridgehead atoms. The third-order valence-corrected chi connectivity index (χ3v) is 2.91. The van der Waals surface area contributed by atoms with Crippen molar-refractivity contribution in [3.8, 4) is 0 Å². The first-order valence-corrected chi connectivity index (χ1v) is 6.16. The average Bonchev–Trinajstić information content (AvgIpc) is 2.83. The number of nitrogens with one attached hydrogen (secondary N) is 1. The molecule has 0 atom stereocenters. The molecule has 0 saturated carbocycles. The van der Waals surface area contributed by atoms with E-state index in [1.807, 2.05) is 42.5 Å². The monoisotopic (exact) mass is 267 g/mol. The van der Waals surface area contributed by atoms with E-state index in [0.717, 1.165) is 5.56 Å². The summed E-state index contributed by atoms with van der Waals surface area (Å²) >= 11 is 0. The number of benzene rings is 1. The van der Waals surface area contributed by atoms with E-state index in [1.165, 1.54) is 0 Å². The van der Waals surface area contributed by atoms with Gasteiger partial charge >= 0.3 is 0 Å². The minimum Gasteiger partial charge on any atom is -0.369 e. The lowest BCUT2D eigenvalue weighted by Crippen LogP contribution is -2.12. The second-order valence-corrected chi connectivity index (χ2v) is 4.33. The largest absolute Gasteiger partial charge is 0.369 e. The third-order valence-electron chi connectivity index (χ3n) is 2.91. The Hall–Kier alpha value is -2.89. The summed E-state index contributed by atoms with van der Waals surface area (Å²) in [4.78, 5) is 22.2. The van der Waals surface area contributed by atoms with Crippen molar-refractivity contribution >= 4 is 23.2 Å². The standard InChI is InChI=1S/C14H13N5O/c15-14-17-12-11(13(20)18-14)16-9-19(12)8-4-7-10-5-2-1-3-6-10/h1-7,9H,8H2,(H3,15,17,18,20). The molecule has 0 spiro atoms. The first-order valence-electron chi connectivity index (χ1n) is 6.16. The van der Waals surface area contributed by atoms with E-state index < -0.39 is 0 Å². The fourth-order valence-electron chi connectivity index (χ4n) is 1.97. The van der Waals surface area contributed by atoms with E-state index in [0.29, 0.717) is 17.7 Å². The van der Waals surface area contributed by atoms with Crippen LogP contribution in [0.15, 0.2) is 47.5 Å². The maximum atomic E-state index is 11.6. The number of H-pyrrole nitrogens is 1. The van der Waals surface area contributed by atoms with Crippen LogP contribution in [0.5, 0.6) is 0 Å². The number of nitrogens with two attached hydrogens (primary N) is 1. The number of nitrogens with zero attached hydrogens (tertiary/aromatic N) is 3. The number of hydrogen-bond donors (Lipinski definition) is 2. The molecule has 0 aliphatic heterocycles. The van der Waals surface area contributed by atoms with Crippen LogP contribution in [0.25, 0.3) is 17.2 Å². The summed E-state index contributed by atoms with van der Waals surface area (Å²) in [5.74, 6) is 0.0938. The summed E-state index contributed by atoms with van der Waals surface area (Å²) in [5.41, 5.74) is 7.13. The normalized spacial score (nSPS) is 11.4. The van der Waals surface area contributed by atoms with Crippen LogP contribution in [0, 0.1) is 0 Å². The average molecular weight is 267 g/mol. The molecule has 1 aromatic carbocycles. The predicted octanol–water partition coefficient (Wildman–Crippen LogP) is 1.42. The van der Waals surface area contributed by atoms with E-state index in [-0.39, 0.29) is 11.5 Å². The molecule has 2 aromatic heterocycles. The van der Waals surface area contributed by atoms with Gasteiger partial charge in [-0.15, -0.1) is 0 Å². The lowest BCUT2D eigenvalue weighted by Gasteiger charge is -1.99. The van der Waals surface area contributed by atoms with Crippen molar-refractivity contribution in [1.29, 1.82) is 0 Å². The summed E-state index contributed by atoms with van der Waals surface area (Å²) in [5, 5.41) is 0. The van der Waals surface area contributed by atoms with Crippen LogP contribution in [-0.4, -0.2) is 19.5 Å². The molecule has 100 valence electrons. The number of nitrogen functional groups attached to an aromatic ring is 1. The van der Waals surface area contributed by atoms with Crippen LogP contribution in [0.3, 0.4) is 0 Å². The molecule has 0 aliphatic carbocycles. The zero-order chi connectivity index (χ0) is 13.9. The number of aromatic amines is 1. The quantitative estimate of drug-likeness (QED) is 0.751. The molecule has 6 heteroatoms. The number of allylic oxidation sites excluding steroid dienone is 1.